The van der Waals surface area contributed by atoms with E-state index in [2.05, 4.69) is 10.2 Å². The minimum atomic E-state index is -0.341. The summed E-state index contributed by atoms with van der Waals surface area (Å²) in [6.07, 6.45) is 0.668. The summed E-state index contributed by atoms with van der Waals surface area (Å²) in [5.41, 5.74) is 7.25. The van der Waals surface area contributed by atoms with E-state index in [0.29, 0.717) is 6.42 Å². The molecule has 1 heterocycles. The highest BCUT2D eigenvalue weighted by atomic mass is 16.1. The Morgan fingerprint density at radius 3 is 2.67 bits per heavy atom. The smallest absolute Gasteiger partial charge is 0.287 e. The Hall–Kier alpha value is -2.10. The van der Waals surface area contributed by atoms with Gasteiger partial charge in [-0.3, -0.25) is 4.79 Å². The Morgan fingerprint density at radius 1 is 1.27 bits per heavy atom. The van der Waals surface area contributed by atoms with Gasteiger partial charge in [0.05, 0.1) is 5.69 Å². The SMILES string of the molecule is Nc1cc(Cc2ccccc2)n[nH]c1=O. The molecule has 2 rings (SSSR count). The summed E-state index contributed by atoms with van der Waals surface area (Å²) >= 11 is 0. The second-order valence-corrected chi connectivity index (χ2v) is 3.31. The van der Waals surface area contributed by atoms with E-state index in [-0.39, 0.29) is 11.2 Å². The summed E-state index contributed by atoms with van der Waals surface area (Å²) in [4.78, 5) is 11.0. The van der Waals surface area contributed by atoms with Crippen molar-refractivity contribution in [1.82, 2.24) is 10.2 Å². The molecule has 1 aromatic carbocycles. The number of hydrogen-bond donors (Lipinski definition) is 2. The van der Waals surface area contributed by atoms with Crippen molar-refractivity contribution < 1.29 is 0 Å². The Labute approximate surface area is 86.8 Å². The zero-order valence-corrected chi connectivity index (χ0v) is 8.10. The molecule has 4 nitrogen and oxygen atoms in total. The van der Waals surface area contributed by atoms with Crippen LogP contribution in [-0.4, -0.2) is 10.2 Å². The van der Waals surface area contributed by atoms with Crippen LogP contribution in [0.3, 0.4) is 0 Å². The van der Waals surface area contributed by atoms with Crippen molar-refractivity contribution in [3.05, 3.63) is 58.0 Å². The summed E-state index contributed by atoms with van der Waals surface area (Å²) < 4.78 is 0. The molecule has 0 saturated heterocycles. The summed E-state index contributed by atoms with van der Waals surface area (Å²) in [5.74, 6) is 0. The molecule has 0 saturated carbocycles. The van der Waals surface area contributed by atoms with Gasteiger partial charge in [-0.2, -0.15) is 5.10 Å². The van der Waals surface area contributed by atoms with Gasteiger partial charge in [0, 0.05) is 6.42 Å². The fourth-order valence-corrected chi connectivity index (χ4v) is 1.36. The molecule has 0 bridgehead atoms. The van der Waals surface area contributed by atoms with Crippen molar-refractivity contribution in [1.29, 1.82) is 0 Å². The fourth-order valence-electron chi connectivity index (χ4n) is 1.36. The normalized spacial score (nSPS) is 10.1. The van der Waals surface area contributed by atoms with Crippen LogP contribution in [0.5, 0.6) is 0 Å². The highest BCUT2D eigenvalue weighted by Crippen LogP contribution is 2.06. The lowest BCUT2D eigenvalue weighted by Crippen LogP contribution is -2.14. The van der Waals surface area contributed by atoms with Crippen LogP contribution in [0.1, 0.15) is 11.3 Å². The second-order valence-electron chi connectivity index (χ2n) is 3.31. The number of anilines is 1. The highest BCUT2D eigenvalue weighted by Gasteiger charge is 2.00. The molecule has 1 aromatic heterocycles. The largest absolute Gasteiger partial charge is 0.394 e. The van der Waals surface area contributed by atoms with E-state index in [0.717, 1.165) is 11.3 Å². The molecule has 2 aromatic rings. The fraction of sp³-hybridized carbons (Fsp3) is 0.0909. The molecule has 0 aliphatic rings. The number of nitrogens with one attached hydrogen (secondary N) is 1. The van der Waals surface area contributed by atoms with Gasteiger partial charge in [0.2, 0.25) is 0 Å². The average Bonchev–Trinajstić information content (AvgIpc) is 2.25. The van der Waals surface area contributed by atoms with Gasteiger partial charge in [0.25, 0.3) is 5.56 Å². The Morgan fingerprint density at radius 2 is 2.00 bits per heavy atom. The van der Waals surface area contributed by atoms with E-state index in [1.165, 1.54) is 0 Å². The molecule has 15 heavy (non-hydrogen) atoms. The molecule has 0 radical (unpaired) electrons. The Balaban J connectivity index is 2.26. The van der Waals surface area contributed by atoms with E-state index in [1.807, 2.05) is 30.3 Å². The van der Waals surface area contributed by atoms with Crippen molar-refractivity contribution in [3.8, 4) is 0 Å². The van der Waals surface area contributed by atoms with Gasteiger partial charge >= 0.3 is 0 Å². The topological polar surface area (TPSA) is 71.8 Å². The third kappa shape index (κ3) is 2.22. The van der Waals surface area contributed by atoms with Crippen LogP contribution in [0.4, 0.5) is 5.69 Å². The van der Waals surface area contributed by atoms with E-state index in [4.69, 9.17) is 5.73 Å². The quantitative estimate of drug-likeness (QED) is 0.759. The molecule has 0 spiro atoms. The van der Waals surface area contributed by atoms with Gasteiger partial charge < -0.3 is 5.73 Å². The average molecular weight is 201 g/mol. The van der Waals surface area contributed by atoms with Crippen molar-refractivity contribution in [3.63, 3.8) is 0 Å². The molecular weight excluding hydrogens is 190 g/mol. The first-order valence-corrected chi connectivity index (χ1v) is 4.64. The molecule has 0 fully saturated rings. The number of hydrogen-bond acceptors (Lipinski definition) is 3. The van der Waals surface area contributed by atoms with Crippen LogP contribution in [-0.2, 0) is 6.42 Å². The van der Waals surface area contributed by atoms with Crippen LogP contribution in [0.15, 0.2) is 41.2 Å². The number of nitrogens with two attached hydrogens (primary N) is 1. The van der Waals surface area contributed by atoms with Crippen molar-refractivity contribution in [2.24, 2.45) is 0 Å². The van der Waals surface area contributed by atoms with E-state index >= 15 is 0 Å². The third-order valence-corrected chi connectivity index (χ3v) is 2.11. The van der Waals surface area contributed by atoms with Gasteiger partial charge in [-0.15, -0.1) is 0 Å². The number of nitrogen functional groups attached to an aromatic ring is 1. The summed E-state index contributed by atoms with van der Waals surface area (Å²) in [6, 6.07) is 11.5. The molecule has 3 N–H and O–H groups in total. The lowest BCUT2D eigenvalue weighted by Gasteiger charge is -2.00. The van der Waals surface area contributed by atoms with Gasteiger partial charge in [-0.1, -0.05) is 30.3 Å². The monoisotopic (exact) mass is 201 g/mol. The van der Waals surface area contributed by atoms with Crippen LogP contribution in [0, 0.1) is 0 Å². The van der Waals surface area contributed by atoms with Gasteiger partial charge in [-0.05, 0) is 11.6 Å². The lowest BCUT2D eigenvalue weighted by atomic mass is 10.1. The minimum Gasteiger partial charge on any atom is -0.394 e. The second kappa shape index (κ2) is 3.96. The van der Waals surface area contributed by atoms with Gasteiger partial charge in [0.1, 0.15) is 5.69 Å². The number of H-pyrrole nitrogens is 1. The summed E-state index contributed by atoms with van der Waals surface area (Å²) in [6.45, 7) is 0. The minimum absolute atomic E-state index is 0.205. The molecule has 76 valence electrons. The van der Waals surface area contributed by atoms with Crippen LogP contribution >= 0.6 is 0 Å². The van der Waals surface area contributed by atoms with E-state index in [1.54, 1.807) is 6.07 Å². The first-order chi connectivity index (χ1) is 7.25. The molecular formula is C11H11N3O. The number of benzene rings is 1. The van der Waals surface area contributed by atoms with E-state index in [9.17, 15) is 4.79 Å². The molecule has 4 heteroatoms. The molecule has 0 atom stereocenters. The molecule has 0 aliphatic carbocycles. The predicted octanol–water partition coefficient (Wildman–Crippen LogP) is 0.943. The lowest BCUT2D eigenvalue weighted by molar-refractivity contribution is 0.914. The van der Waals surface area contributed by atoms with Crippen molar-refractivity contribution >= 4 is 5.69 Å². The maximum atomic E-state index is 11.0. The zero-order valence-electron chi connectivity index (χ0n) is 8.10. The first-order valence-electron chi connectivity index (χ1n) is 4.64. The Bertz CT molecular complexity index is 505. The highest BCUT2D eigenvalue weighted by molar-refractivity contribution is 5.36. The Kier molecular flexibility index (Phi) is 2.49. The van der Waals surface area contributed by atoms with Gasteiger partial charge in [-0.25, -0.2) is 5.10 Å². The predicted molar refractivity (Wildman–Crippen MR) is 58.5 cm³/mol. The number of aromatic amines is 1. The van der Waals surface area contributed by atoms with Crippen LogP contribution in [0.25, 0.3) is 0 Å². The third-order valence-electron chi connectivity index (χ3n) is 2.11. The number of nitrogens with zero attached hydrogens (tertiary/aromatic N) is 1. The maximum absolute atomic E-state index is 11.0. The number of aromatic nitrogens is 2. The van der Waals surface area contributed by atoms with Crippen molar-refractivity contribution in [2.45, 2.75) is 6.42 Å². The standard InChI is InChI=1S/C11H11N3O/c12-10-7-9(13-14-11(10)15)6-8-4-2-1-3-5-8/h1-5,7H,6H2,(H2,12,13)(H,14,15). The van der Waals surface area contributed by atoms with Gasteiger partial charge in [0.15, 0.2) is 0 Å². The maximum Gasteiger partial charge on any atom is 0.287 e. The first kappa shape index (κ1) is 9.45. The number of rotatable bonds is 2. The van der Waals surface area contributed by atoms with Crippen molar-refractivity contribution in [2.75, 3.05) is 5.73 Å². The van der Waals surface area contributed by atoms with Crippen LogP contribution in [0.2, 0.25) is 0 Å². The molecule has 0 unspecified atom stereocenters. The summed E-state index contributed by atoms with van der Waals surface area (Å²) in [5, 5.41) is 6.27. The van der Waals surface area contributed by atoms with E-state index < -0.39 is 0 Å². The summed E-state index contributed by atoms with van der Waals surface area (Å²) in [7, 11) is 0. The zero-order chi connectivity index (χ0) is 10.7. The molecule has 0 aliphatic heterocycles. The van der Waals surface area contributed by atoms with Crippen LogP contribution < -0.4 is 11.3 Å². The molecule has 0 amide bonds.